The van der Waals surface area contributed by atoms with Gasteiger partial charge >= 0.3 is 0 Å². The fraction of sp³-hybridized carbons (Fsp3) is 0.200. The minimum Gasteiger partial charge on any atom is -0.331 e. The van der Waals surface area contributed by atoms with Gasteiger partial charge in [0.25, 0.3) is 5.91 Å². The van der Waals surface area contributed by atoms with Crippen molar-refractivity contribution in [1.82, 2.24) is 14.9 Å². The molecule has 0 saturated carbocycles. The number of nitrogens with zero attached hydrogens (tertiary/aromatic N) is 2. The third kappa shape index (κ3) is 4.18. The molecule has 1 amide bonds. The summed E-state index contributed by atoms with van der Waals surface area (Å²) in [6.45, 7) is 2.17. The Morgan fingerprint density at radius 2 is 2.15 bits per heavy atom. The van der Waals surface area contributed by atoms with E-state index >= 15 is 0 Å². The molecule has 1 aliphatic rings. The van der Waals surface area contributed by atoms with E-state index in [9.17, 15) is 9.18 Å². The number of hydrogen-bond acceptors (Lipinski definition) is 3. The Bertz CT molecular complexity index is 981. The molecule has 138 valence electrons. The lowest BCUT2D eigenvalue weighted by Crippen LogP contribution is -2.24. The molecule has 5 nitrogen and oxygen atoms in total. The molecular formula is C20H18ClFN4O. The van der Waals surface area contributed by atoms with Crippen LogP contribution in [0.1, 0.15) is 27.0 Å². The van der Waals surface area contributed by atoms with Gasteiger partial charge in [-0.2, -0.15) is 0 Å². The molecule has 27 heavy (non-hydrogen) atoms. The van der Waals surface area contributed by atoms with Gasteiger partial charge in [-0.05, 0) is 60.0 Å². The van der Waals surface area contributed by atoms with E-state index in [4.69, 9.17) is 11.6 Å². The molecule has 4 rings (SSSR count). The Morgan fingerprint density at radius 3 is 3.00 bits per heavy atom. The quantitative estimate of drug-likeness (QED) is 0.722. The molecule has 7 heteroatoms. The molecule has 0 bridgehead atoms. The Hall–Kier alpha value is -2.70. The van der Waals surface area contributed by atoms with Crippen LogP contribution in [-0.4, -0.2) is 22.0 Å². The average Bonchev–Trinajstić information content (AvgIpc) is 3.07. The summed E-state index contributed by atoms with van der Waals surface area (Å²) in [6, 6.07) is 10.1. The minimum absolute atomic E-state index is 0.199. The van der Waals surface area contributed by atoms with Crippen LogP contribution in [0.2, 0.25) is 5.02 Å². The zero-order valence-electron chi connectivity index (χ0n) is 14.5. The summed E-state index contributed by atoms with van der Waals surface area (Å²) in [7, 11) is 0. The zero-order chi connectivity index (χ0) is 18.8. The number of imidazole rings is 1. The van der Waals surface area contributed by atoms with E-state index in [1.54, 1.807) is 23.2 Å². The second kappa shape index (κ2) is 7.50. The summed E-state index contributed by atoms with van der Waals surface area (Å²) in [5, 5.41) is 6.47. The maximum absolute atomic E-state index is 13.4. The third-order valence-electron chi connectivity index (χ3n) is 4.52. The smallest absolute Gasteiger partial charge is 0.256 e. The molecule has 0 spiro atoms. The number of carbonyl (C=O) groups excluding carboxylic acids is 1. The van der Waals surface area contributed by atoms with Crippen LogP contribution in [0.3, 0.4) is 0 Å². The van der Waals surface area contributed by atoms with Crippen LogP contribution in [0.15, 0.2) is 48.9 Å². The van der Waals surface area contributed by atoms with E-state index in [0.717, 1.165) is 25.1 Å². The fourth-order valence-electron chi connectivity index (χ4n) is 3.23. The maximum Gasteiger partial charge on any atom is 0.256 e. The van der Waals surface area contributed by atoms with Crippen molar-refractivity contribution in [2.24, 2.45) is 0 Å². The number of anilines is 1. The lowest BCUT2D eigenvalue weighted by molar-refractivity contribution is 0.102. The number of carbonyl (C=O) groups is 1. The lowest BCUT2D eigenvalue weighted by Gasteiger charge is -2.17. The Morgan fingerprint density at radius 1 is 1.26 bits per heavy atom. The molecule has 0 saturated heterocycles. The summed E-state index contributed by atoms with van der Waals surface area (Å²) in [6.07, 6.45) is 4.22. The highest BCUT2D eigenvalue weighted by atomic mass is 35.5. The van der Waals surface area contributed by atoms with E-state index in [-0.39, 0.29) is 11.7 Å². The van der Waals surface area contributed by atoms with Gasteiger partial charge in [-0.25, -0.2) is 9.37 Å². The molecule has 2 heterocycles. The van der Waals surface area contributed by atoms with Crippen LogP contribution in [0.4, 0.5) is 10.2 Å². The van der Waals surface area contributed by atoms with Crippen molar-refractivity contribution in [3.63, 3.8) is 0 Å². The second-order valence-electron chi connectivity index (χ2n) is 6.57. The van der Waals surface area contributed by atoms with E-state index in [2.05, 4.69) is 15.6 Å². The van der Waals surface area contributed by atoms with Crippen molar-refractivity contribution in [1.29, 1.82) is 0 Å². The highest BCUT2D eigenvalue weighted by Gasteiger charge is 2.13. The molecule has 1 aliphatic heterocycles. The number of nitrogens with one attached hydrogen (secondary N) is 2. The molecule has 2 aromatic carbocycles. The largest absolute Gasteiger partial charge is 0.331 e. The standard InChI is InChI=1S/C20H18ClFN4O/c21-17-5-13(6-18(22)8-17)10-26-11-19(24-12-26)25-20(27)15-1-2-16-9-23-4-3-14(16)7-15/h1-2,5-8,11-12,23H,3-4,9-10H2,(H,25,27). The molecule has 1 aromatic heterocycles. The van der Waals surface area contributed by atoms with Crippen LogP contribution in [-0.2, 0) is 19.5 Å². The SMILES string of the molecule is O=C(Nc1cn(Cc2cc(F)cc(Cl)c2)cn1)c1ccc2c(c1)CCNC2. The first-order valence-corrected chi connectivity index (χ1v) is 9.05. The van der Waals surface area contributed by atoms with Crippen molar-refractivity contribution in [2.45, 2.75) is 19.5 Å². The van der Waals surface area contributed by atoms with Crippen LogP contribution < -0.4 is 10.6 Å². The Labute approximate surface area is 161 Å². The van der Waals surface area contributed by atoms with Crippen molar-refractivity contribution in [3.8, 4) is 0 Å². The van der Waals surface area contributed by atoms with Crippen molar-refractivity contribution in [2.75, 3.05) is 11.9 Å². The highest BCUT2D eigenvalue weighted by Crippen LogP contribution is 2.18. The topological polar surface area (TPSA) is 59.0 Å². The molecule has 3 aromatic rings. The molecular weight excluding hydrogens is 367 g/mol. The predicted molar refractivity (Wildman–Crippen MR) is 103 cm³/mol. The minimum atomic E-state index is -0.381. The number of halogens is 2. The third-order valence-corrected chi connectivity index (χ3v) is 4.74. The first kappa shape index (κ1) is 17.7. The highest BCUT2D eigenvalue weighted by molar-refractivity contribution is 6.30. The molecule has 0 atom stereocenters. The molecule has 0 fully saturated rings. The van der Waals surface area contributed by atoms with Crippen molar-refractivity contribution >= 4 is 23.3 Å². The van der Waals surface area contributed by atoms with Gasteiger partial charge in [0.05, 0.1) is 6.33 Å². The average molecular weight is 385 g/mol. The van der Waals surface area contributed by atoms with Gasteiger partial charge in [-0.3, -0.25) is 4.79 Å². The van der Waals surface area contributed by atoms with Crippen LogP contribution in [0.25, 0.3) is 0 Å². The summed E-state index contributed by atoms with van der Waals surface area (Å²) in [5.41, 5.74) is 3.77. The normalized spacial score (nSPS) is 13.3. The van der Waals surface area contributed by atoms with Gasteiger partial charge in [0.2, 0.25) is 0 Å². The molecule has 2 N–H and O–H groups in total. The summed E-state index contributed by atoms with van der Waals surface area (Å²) in [5.74, 6) is -0.133. The fourth-order valence-corrected chi connectivity index (χ4v) is 3.48. The van der Waals surface area contributed by atoms with Crippen LogP contribution >= 0.6 is 11.6 Å². The molecule has 0 aliphatic carbocycles. The molecule has 0 unspecified atom stereocenters. The maximum atomic E-state index is 13.4. The monoisotopic (exact) mass is 384 g/mol. The number of amides is 1. The zero-order valence-corrected chi connectivity index (χ0v) is 15.3. The number of rotatable bonds is 4. The van der Waals surface area contributed by atoms with Gasteiger partial charge in [-0.1, -0.05) is 17.7 Å². The van der Waals surface area contributed by atoms with Crippen LogP contribution in [0, 0.1) is 5.82 Å². The lowest BCUT2D eigenvalue weighted by atomic mass is 9.98. The van der Waals surface area contributed by atoms with Gasteiger partial charge in [-0.15, -0.1) is 0 Å². The number of benzene rings is 2. The summed E-state index contributed by atoms with van der Waals surface area (Å²) in [4.78, 5) is 16.7. The van der Waals surface area contributed by atoms with Crippen LogP contribution in [0.5, 0.6) is 0 Å². The van der Waals surface area contributed by atoms with Gasteiger partial charge in [0.1, 0.15) is 5.82 Å². The van der Waals surface area contributed by atoms with E-state index in [1.165, 1.54) is 23.3 Å². The van der Waals surface area contributed by atoms with Crippen molar-refractivity contribution < 1.29 is 9.18 Å². The Balaban J connectivity index is 1.45. The number of fused-ring (bicyclic) bond motifs is 1. The number of hydrogen-bond donors (Lipinski definition) is 2. The van der Waals surface area contributed by atoms with Gasteiger partial charge in [0, 0.05) is 29.9 Å². The van der Waals surface area contributed by atoms with E-state index in [1.807, 2.05) is 18.2 Å². The van der Waals surface area contributed by atoms with E-state index in [0.29, 0.717) is 22.9 Å². The summed E-state index contributed by atoms with van der Waals surface area (Å²) < 4.78 is 15.2. The second-order valence-corrected chi connectivity index (χ2v) is 7.01. The van der Waals surface area contributed by atoms with Gasteiger partial charge < -0.3 is 15.2 Å². The van der Waals surface area contributed by atoms with Gasteiger partial charge in [0.15, 0.2) is 5.82 Å². The Kier molecular flexibility index (Phi) is 4.92. The first-order chi connectivity index (χ1) is 13.1. The summed E-state index contributed by atoms with van der Waals surface area (Å²) >= 11 is 5.88. The van der Waals surface area contributed by atoms with Crippen molar-refractivity contribution in [3.05, 3.63) is 82.0 Å². The first-order valence-electron chi connectivity index (χ1n) is 8.67. The number of aromatic nitrogens is 2. The predicted octanol–water partition coefficient (Wildman–Crippen LogP) is 3.62. The molecule has 0 radical (unpaired) electrons. The van der Waals surface area contributed by atoms with E-state index < -0.39 is 0 Å².